The Morgan fingerprint density at radius 3 is 2.73 bits per heavy atom. The number of aromatic amines is 2. The van der Waals surface area contributed by atoms with Crippen molar-refractivity contribution in [1.82, 2.24) is 35.3 Å². The van der Waals surface area contributed by atoms with E-state index in [0.29, 0.717) is 42.8 Å². The minimum absolute atomic E-state index is 0.0383. The molecule has 11 heteroatoms. The van der Waals surface area contributed by atoms with Gasteiger partial charge in [-0.15, -0.1) is 0 Å². The van der Waals surface area contributed by atoms with E-state index in [-0.39, 0.29) is 11.6 Å². The molecule has 0 unspecified atom stereocenters. The van der Waals surface area contributed by atoms with Crippen LogP contribution < -0.4 is 10.2 Å². The first-order chi connectivity index (χ1) is 16.0. The monoisotopic (exact) mass is 453 g/mol. The van der Waals surface area contributed by atoms with E-state index in [2.05, 4.69) is 35.7 Å². The van der Waals surface area contributed by atoms with Gasteiger partial charge in [0.1, 0.15) is 5.82 Å². The molecule has 5 rings (SSSR count). The first-order valence-corrected chi connectivity index (χ1v) is 10.8. The molecular weight excluding hydrogens is 428 g/mol. The van der Waals surface area contributed by atoms with Gasteiger partial charge >= 0.3 is 0 Å². The average molecular weight is 454 g/mol. The van der Waals surface area contributed by atoms with Gasteiger partial charge in [0.15, 0.2) is 17.5 Å². The Labute approximate surface area is 189 Å². The maximum absolute atomic E-state index is 14.5. The standard InChI is InChI=1S/C22H25F2N9/c1-32(2)5-6-33(12-14-7-15(23)8-19-16(14)10-26-29-19)22-25-11-17(24)21(28-22)27-20-9-18(30-31-20)13-3-4-13/h7-11,13H,3-6,12H2,1-2H3,(H,26,29)(H2,25,27,28,30,31). The van der Waals surface area contributed by atoms with Crippen LogP contribution in [0.2, 0.25) is 0 Å². The minimum atomic E-state index is -0.578. The summed E-state index contributed by atoms with van der Waals surface area (Å²) < 4.78 is 28.7. The normalized spacial score (nSPS) is 13.7. The molecule has 3 heterocycles. The van der Waals surface area contributed by atoms with Crippen LogP contribution in [0.25, 0.3) is 10.9 Å². The summed E-state index contributed by atoms with van der Waals surface area (Å²) in [5.41, 5.74) is 2.39. The molecule has 172 valence electrons. The number of nitrogens with one attached hydrogen (secondary N) is 3. The number of H-pyrrole nitrogens is 2. The van der Waals surface area contributed by atoms with Crippen molar-refractivity contribution < 1.29 is 8.78 Å². The summed E-state index contributed by atoms with van der Waals surface area (Å²) in [6, 6.07) is 4.77. The molecule has 9 nitrogen and oxygen atoms in total. The third-order valence-electron chi connectivity index (χ3n) is 5.66. The summed E-state index contributed by atoms with van der Waals surface area (Å²) in [6.45, 7) is 1.60. The molecule has 1 aromatic carbocycles. The number of aromatic nitrogens is 6. The number of halogens is 2. The van der Waals surface area contributed by atoms with Crippen molar-refractivity contribution in [3.8, 4) is 0 Å². The van der Waals surface area contributed by atoms with E-state index < -0.39 is 5.82 Å². The minimum Gasteiger partial charge on any atom is -0.335 e. The lowest BCUT2D eigenvalue weighted by Crippen LogP contribution is -2.32. The molecule has 1 aliphatic rings. The molecule has 0 spiro atoms. The Morgan fingerprint density at radius 2 is 1.94 bits per heavy atom. The first kappa shape index (κ1) is 21.3. The molecule has 3 N–H and O–H groups in total. The summed E-state index contributed by atoms with van der Waals surface area (Å²) >= 11 is 0. The van der Waals surface area contributed by atoms with E-state index in [1.165, 1.54) is 12.1 Å². The lowest BCUT2D eigenvalue weighted by molar-refractivity contribution is 0.411. The van der Waals surface area contributed by atoms with Gasteiger partial charge in [0, 0.05) is 42.7 Å². The van der Waals surface area contributed by atoms with Gasteiger partial charge in [0.25, 0.3) is 0 Å². The topological polar surface area (TPSA) is 102 Å². The second-order valence-corrected chi connectivity index (χ2v) is 8.60. The lowest BCUT2D eigenvalue weighted by Gasteiger charge is -2.25. The lowest BCUT2D eigenvalue weighted by atomic mass is 10.1. The highest BCUT2D eigenvalue weighted by Gasteiger charge is 2.26. The molecule has 0 radical (unpaired) electrons. The van der Waals surface area contributed by atoms with Crippen molar-refractivity contribution in [2.24, 2.45) is 0 Å². The van der Waals surface area contributed by atoms with Crippen LogP contribution >= 0.6 is 0 Å². The van der Waals surface area contributed by atoms with Gasteiger partial charge in [-0.1, -0.05) is 0 Å². The molecule has 4 aromatic rings. The zero-order valence-electron chi connectivity index (χ0n) is 18.4. The Bertz CT molecular complexity index is 1260. The first-order valence-electron chi connectivity index (χ1n) is 10.8. The van der Waals surface area contributed by atoms with Gasteiger partial charge in [-0.25, -0.2) is 13.8 Å². The van der Waals surface area contributed by atoms with Gasteiger partial charge in [0.2, 0.25) is 5.95 Å². The van der Waals surface area contributed by atoms with Gasteiger partial charge < -0.3 is 15.1 Å². The zero-order valence-corrected chi connectivity index (χ0v) is 18.4. The number of rotatable bonds is 9. The van der Waals surface area contributed by atoms with Crippen molar-refractivity contribution in [2.45, 2.75) is 25.3 Å². The van der Waals surface area contributed by atoms with E-state index in [0.717, 1.165) is 35.7 Å². The van der Waals surface area contributed by atoms with Crippen LogP contribution in [0.5, 0.6) is 0 Å². The van der Waals surface area contributed by atoms with Crippen LogP contribution in [0, 0.1) is 11.6 Å². The Hall–Kier alpha value is -3.60. The molecule has 0 atom stereocenters. The third-order valence-corrected chi connectivity index (χ3v) is 5.66. The Morgan fingerprint density at radius 1 is 1.09 bits per heavy atom. The van der Waals surface area contributed by atoms with E-state index >= 15 is 0 Å². The van der Waals surface area contributed by atoms with Crippen LogP contribution in [0.3, 0.4) is 0 Å². The van der Waals surface area contributed by atoms with Gasteiger partial charge in [-0.2, -0.15) is 15.2 Å². The van der Waals surface area contributed by atoms with E-state index in [1.807, 2.05) is 30.0 Å². The van der Waals surface area contributed by atoms with E-state index in [4.69, 9.17) is 0 Å². The smallest absolute Gasteiger partial charge is 0.227 e. The molecule has 0 bridgehead atoms. The second kappa shape index (κ2) is 8.74. The summed E-state index contributed by atoms with van der Waals surface area (Å²) in [5.74, 6) is 0.444. The van der Waals surface area contributed by atoms with E-state index in [1.54, 1.807) is 6.20 Å². The summed E-state index contributed by atoms with van der Waals surface area (Å²) in [5, 5.41) is 17.8. The molecule has 0 amide bonds. The quantitative estimate of drug-likeness (QED) is 0.356. The predicted octanol–water partition coefficient (Wildman–Crippen LogP) is 3.54. The number of likely N-dealkylation sites (N-methyl/N-ethyl adjacent to an activating group) is 1. The van der Waals surface area contributed by atoms with Crippen molar-refractivity contribution in [3.05, 3.63) is 53.5 Å². The highest BCUT2D eigenvalue weighted by Crippen LogP contribution is 2.39. The van der Waals surface area contributed by atoms with Crippen molar-refractivity contribution in [1.29, 1.82) is 0 Å². The fourth-order valence-corrected chi connectivity index (χ4v) is 3.72. The number of nitrogens with zero attached hydrogens (tertiary/aromatic N) is 6. The number of benzene rings is 1. The van der Waals surface area contributed by atoms with Crippen LogP contribution in [0.4, 0.5) is 26.4 Å². The van der Waals surface area contributed by atoms with Crippen molar-refractivity contribution >= 4 is 28.5 Å². The molecule has 1 saturated carbocycles. The summed E-state index contributed by atoms with van der Waals surface area (Å²) in [7, 11) is 3.92. The number of anilines is 3. The van der Waals surface area contributed by atoms with Gasteiger partial charge in [0.05, 0.1) is 17.9 Å². The van der Waals surface area contributed by atoms with Crippen LogP contribution in [0.1, 0.15) is 30.0 Å². The van der Waals surface area contributed by atoms with Crippen LogP contribution in [0.15, 0.2) is 30.6 Å². The molecular formula is C22H25F2N9. The largest absolute Gasteiger partial charge is 0.335 e. The maximum atomic E-state index is 14.5. The maximum Gasteiger partial charge on any atom is 0.227 e. The van der Waals surface area contributed by atoms with Gasteiger partial charge in [-0.05, 0) is 44.6 Å². The SMILES string of the molecule is CN(C)CCN(Cc1cc(F)cc2[nH]ncc12)c1ncc(F)c(Nc2cc(C3CC3)[nH]n2)n1. The second-order valence-electron chi connectivity index (χ2n) is 8.60. The number of hydrogen-bond donors (Lipinski definition) is 3. The third kappa shape index (κ3) is 4.77. The molecule has 1 aliphatic carbocycles. The van der Waals surface area contributed by atoms with Crippen molar-refractivity contribution in [3.63, 3.8) is 0 Å². The fourth-order valence-electron chi connectivity index (χ4n) is 3.72. The van der Waals surface area contributed by atoms with Crippen molar-refractivity contribution in [2.75, 3.05) is 37.4 Å². The van der Waals surface area contributed by atoms with E-state index in [9.17, 15) is 8.78 Å². The molecule has 3 aromatic heterocycles. The molecule has 0 aliphatic heterocycles. The van der Waals surface area contributed by atoms with Gasteiger partial charge in [-0.3, -0.25) is 10.2 Å². The van der Waals surface area contributed by atoms with Crippen LogP contribution in [-0.2, 0) is 6.54 Å². The summed E-state index contributed by atoms with van der Waals surface area (Å²) in [4.78, 5) is 12.6. The Balaban J connectivity index is 1.44. The highest BCUT2D eigenvalue weighted by atomic mass is 19.1. The van der Waals surface area contributed by atoms with Crippen LogP contribution in [-0.4, -0.2) is 62.4 Å². The number of hydrogen-bond acceptors (Lipinski definition) is 7. The predicted molar refractivity (Wildman–Crippen MR) is 121 cm³/mol. The molecule has 1 fully saturated rings. The summed E-state index contributed by atoms with van der Waals surface area (Å²) in [6.07, 6.45) is 5.08. The Kier molecular flexibility index (Phi) is 5.63. The average Bonchev–Trinajstić information content (AvgIpc) is 3.33. The fraction of sp³-hybridized carbons (Fsp3) is 0.364. The highest BCUT2D eigenvalue weighted by molar-refractivity contribution is 5.82. The molecule has 33 heavy (non-hydrogen) atoms. The molecule has 0 saturated heterocycles. The zero-order chi connectivity index (χ0) is 22.9. The number of fused-ring (bicyclic) bond motifs is 1.